The largest absolute Gasteiger partial charge is 0.338 e. The summed E-state index contributed by atoms with van der Waals surface area (Å²) in [4.78, 5) is 11.9. The molecule has 2 rings (SSSR count). The standard InChI is InChI=1S/C12H11BrN2O2/c1-7-3-9(6-10(13)4-7)12(16)14-11-5-8(2)15-17-11/h3-6H,1-2H3,(H,14,16). The van der Waals surface area contributed by atoms with Gasteiger partial charge in [-0.3, -0.25) is 10.1 Å². The molecule has 4 nitrogen and oxygen atoms in total. The lowest BCUT2D eigenvalue weighted by Crippen LogP contribution is -2.11. The van der Waals surface area contributed by atoms with E-state index in [4.69, 9.17) is 4.52 Å². The number of nitrogens with one attached hydrogen (secondary N) is 1. The highest BCUT2D eigenvalue weighted by Gasteiger charge is 2.10. The first kappa shape index (κ1) is 11.9. The van der Waals surface area contributed by atoms with E-state index in [1.165, 1.54) is 0 Å². The second-order valence-corrected chi connectivity index (χ2v) is 4.72. The van der Waals surface area contributed by atoms with Gasteiger partial charge in [-0.25, -0.2) is 0 Å². The van der Waals surface area contributed by atoms with Gasteiger partial charge in [0.15, 0.2) is 0 Å². The van der Waals surface area contributed by atoms with E-state index >= 15 is 0 Å². The van der Waals surface area contributed by atoms with Crippen molar-refractivity contribution in [2.75, 3.05) is 5.32 Å². The van der Waals surface area contributed by atoms with Crippen molar-refractivity contribution < 1.29 is 9.32 Å². The van der Waals surface area contributed by atoms with E-state index in [1.54, 1.807) is 19.1 Å². The molecule has 0 unspecified atom stereocenters. The van der Waals surface area contributed by atoms with Crippen molar-refractivity contribution in [1.82, 2.24) is 5.16 Å². The van der Waals surface area contributed by atoms with Gasteiger partial charge in [-0.15, -0.1) is 0 Å². The van der Waals surface area contributed by atoms with Crippen LogP contribution in [0.4, 0.5) is 5.88 Å². The van der Waals surface area contributed by atoms with Crippen LogP contribution in [0.15, 0.2) is 33.3 Å². The van der Waals surface area contributed by atoms with E-state index in [-0.39, 0.29) is 5.91 Å². The summed E-state index contributed by atoms with van der Waals surface area (Å²) in [6, 6.07) is 7.17. The molecule has 1 aromatic carbocycles. The Morgan fingerprint density at radius 2 is 2.06 bits per heavy atom. The number of aromatic nitrogens is 1. The molecule has 0 spiro atoms. The van der Waals surface area contributed by atoms with Crippen molar-refractivity contribution in [3.63, 3.8) is 0 Å². The highest BCUT2D eigenvalue weighted by atomic mass is 79.9. The van der Waals surface area contributed by atoms with Crippen molar-refractivity contribution in [1.29, 1.82) is 0 Å². The van der Waals surface area contributed by atoms with Gasteiger partial charge in [0.05, 0.1) is 5.69 Å². The van der Waals surface area contributed by atoms with E-state index in [2.05, 4.69) is 26.4 Å². The number of rotatable bonds is 2. The van der Waals surface area contributed by atoms with Crippen molar-refractivity contribution in [3.8, 4) is 0 Å². The van der Waals surface area contributed by atoms with Gasteiger partial charge in [-0.2, -0.15) is 0 Å². The van der Waals surface area contributed by atoms with Gasteiger partial charge in [0.2, 0.25) is 5.88 Å². The van der Waals surface area contributed by atoms with Gasteiger partial charge in [0.25, 0.3) is 5.91 Å². The predicted molar refractivity (Wildman–Crippen MR) is 68.1 cm³/mol. The molecular weight excluding hydrogens is 284 g/mol. The van der Waals surface area contributed by atoms with Crippen LogP contribution in [-0.4, -0.2) is 11.1 Å². The molecule has 88 valence electrons. The van der Waals surface area contributed by atoms with Gasteiger partial charge in [0, 0.05) is 16.1 Å². The number of hydrogen-bond acceptors (Lipinski definition) is 3. The number of nitrogens with zero attached hydrogens (tertiary/aromatic N) is 1. The molecule has 2 aromatic rings. The topological polar surface area (TPSA) is 55.1 Å². The maximum absolute atomic E-state index is 11.9. The molecule has 0 aliphatic carbocycles. The highest BCUT2D eigenvalue weighted by Crippen LogP contribution is 2.17. The molecular formula is C12H11BrN2O2. The Balaban J connectivity index is 2.19. The quantitative estimate of drug-likeness (QED) is 0.924. The van der Waals surface area contributed by atoms with E-state index in [1.807, 2.05) is 19.1 Å². The van der Waals surface area contributed by atoms with Crippen molar-refractivity contribution in [3.05, 3.63) is 45.6 Å². The summed E-state index contributed by atoms with van der Waals surface area (Å²) < 4.78 is 5.79. The molecule has 0 radical (unpaired) electrons. The van der Waals surface area contributed by atoms with Crippen LogP contribution in [0.1, 0.15) is 21.6 Å². The fourth-order valence-corrected chi connectivity index (χ4v) is 2.08. The first-order valence-electron chi connectivity index (χ1n) is 5.06. The van der Waals surface area contributed by atoms with Crippen molar-refractivity contribution in [2.45, 2.75) is 13.8 Å². The lowest BCUT2D eigenvalue weighted by Gasteiger charge is -2.03. The molecule has 0 aliphatic rings. The zero-order valence-corrected chi connectivity index (χ0v) is 11.0. The van der Waals surface area contributed by atoms with E-state index in [9.17, 15) is 4.79 Å². The van der Waals surface area contributed by atoms with Crippen molar-refractivity contribution in [2.24, 2.45) is 0 Å². The Hall–Kier alpha value is -1.62. The fraction of sp³-hybridized carbons (Fsp3) is 0.167. The first-order valence-corrected chi connectivity index (χ1v) is 5.86. The summed E-state index contributed by atoms with van der Waals surface area (Å²) in [7, 11) is 0. The molecule has 5 heteroatoms. The van der Waals surface area contributed by atoms with Crippen LogP contribution >= 0.6 is 15.9 Å². The van der Waals surface area contributed by atoms with Gasteiger partial charge in [-0.05, 0) is 37.6 Å². The molecule has 1 heterocycles. The maximum Gasteiger partial charge on any atom is 0.258 e. The Kier molecular flexibility index (Phi) is 3.28. The van der Waals surface area contributed by atoms with Gasteiger partial charge < -0.3 is 4.52 Å². The molecule has 0 aliphatic heterocycles. The third kappa shape index (κ3) is 2.94. The third-order valence-electron chi connectivity index (χ3n) is 2.17. The van der Waals surface area contributed by atoms with Crippen molar-refractivity contribution >= 4 is 27.7 Å². The molecule has 1 N–H and O–H groups in total. The average molecular weight is 295 g/mol. The lowest BCUT2D eigenvalue weighted by atomic mass is 10.1. The third-order valence-corrected chi connectivity index (χ3v) is 2.63. The minimum absolute atomic E-state index is 0.217. The Morgan fingerprint density at radius 3 is 2.65 bits per heavy atom. The summed E-state index contributed by atoms with van der Waals surface area (Å²) >= 11 is 3.36. The zero-order valence-electron chi connectivity index (χ0n) is 9.45. The summed E-state index contributed by atoms with van der Waals surface area (Å²) in [5.41, 5.74) is 2.31. The minimum Gasteiger partial charge on any atom is -0.338 e. The molecule has 0 bridgehead atoms. The lowest BCUT2D eigenvalue weighted by molar-refractivity contribution is 0.102. The normalized spacial score (nSPS) is 10.3. The average Bonchev–Trinajstić information content (AvgIpc) is 2.62. The Bertz CT molecular complexity index is 543. The van der Waals surface area contributed by atoms with Crippen LogP contribution in [0, 0.1) is 13.8 Å². The number of benzene rings is 1. The predicted octanol–water partition coefficient (Wildman–Crippen LogP) is 3.31. The van der Waals surface area contributed by atoms with Gasteiger partial charge in [-0.1, -0.05) is 21.1 Å². The van der Waals surface area contributed by atoms with Crippen LogP contribution in [0.3, 0.4) is 0 Å². The molecule has 17 heavy (non-hydrogen) atoms. The highest BCUT2D eigenvalue weighted by molar-refractivity contribution is 9.10. The van der Waals surface area contributed by atoms with Crippen LogP contribution < -0.4 is 5.32 Å². The van der Waals surface area contributed by atoms with Gasteiger partial charge >= 0.3 is 0 Å². The second kappa shape index (κ2) is 4.71. The Labute approximate surface area is 107 Å². The number of carbonyl (C=O) groups is 1. The van der Waals surface area contributed by atoms with E-state index < -0.39 is 0 Å². The number of hydrogen-bond donors (Lipinski definition) is 1. The number of anilines is 1. The van der Waals surface area contributed by atoms with Crippen LogP contribution in [0.2, 0.25) is 0 Å². The summed E-state index contributed by atoms with van der Waals surface area (Å²) in [5.74, 6) is 0.135. The summed E-state index contributed by atoms with van der Waals surface area (Å²) in [6.07, 6.45) is 0. The molecule has 1 amide bonds. The molecule has 0 saturated heterocycles. The second-order valence-electron chi connectivity index (χ2n) is 3.80. The first-order chi connectivity index (χ1) is 8.04. The number of carbonyl (C=O) groups excluding carboxylic acids is 1. The summed E-state index contributed by atoms with van der Waals surface area (Å²) in [5, 5.41) is 6.34. The SMILES string of the molecule is Cc1cc(Br)cc(C(=O)Nc2cc(C)no2)c1. The molecule has 0 atom stereocenters. The Morgan fingerprint density at radius 1 is 1.29 bits per heavy atom. The van der Waals surface area contributed by atoms with Crippen LogP contribution in [0.5, 0.6) is 0 Å². The molecule has 1 aromatic heterocycles. The smallest absolute Gasteiger partial charge is 0.258 e. The summed E-state index contributed by atoms with van der Waals surface area (Å²) in [6.45, 7) is 3.72. The maximum atomic E-state index is 11.9. The number of amides is 1. The number of halogens is 1. The van der Waals surface area contributed by atoms with Crippen LogP contribution in [0.25, 0.3) is 0 Å². The zero-order chi connectivity index (χ0) is 12.4. The van der Waals surface area contributed by atoms with E-state index in [0.29, 0.717) is 11.4 Å². The number of aryl methyl sites for hydroxylation is 2. The van der Waals surface area contributed by atoms with Gasteiger partial charge in [0.1, 0.15) is 0 Å². The molecule has 0 saturated carbocycles. The van der Waals surface area contributed by atoms with Crippen LogP contribution in [-0.2, 0) is 0 Å². The minimum atomic E-state index is -0.217. The fourth-order valence-electron chi connectivity index (χ4n) is 1.47. The molecule has 0 fully saturated rings. The monoisotopic (exact) mass is 294 g/mol. The van der Waals surface area contributed by atoms with E-state index in [0.717, 1.165) is 15.7 Å².